The summed E-state index contributed by atoms with van der Waals surface area (Å²) in [5.74, 6) is -0.724. The van der Waals surface area contributed by atoms with Crippen LogP contribution in [0, 0.1) is 0 Å². The Labute approximate surface area is 238 Å². The molecule has 196 valence electrons. The van der Waals surface area contributed by atoms with E-state index >= 15 is 0 Å². The van der Waals surface area contributed by atoms with Gasteiger partial charge in [-0.1, -0.05) is 89.8 Å². The normalized spacial score (nSPS) is 16.4. The number of hydrogen-bond donors (Lipinski definition) is 1. The van der Waals surface area contributed by atoms with Crippen molar-refractivity contribution in [1.82, 2.24) is 10.2 Å². The maximum atomic E-state index is 13.4. The number of aliphatic hydroxyl groups is 1. The smallest absolute Gasteiger partial charge is 0.301 e. The number of halogens is 1. The fourth-order valence-electron chi connectivity index (χ4n) is 4.12. The van der Waals surface area contributed by atoms with Crippen LogP contribution >= 0.6 is 34.7 Å². The van der Waals surface area contributed by atoms with Gasteiger partial charge in [0.15, 0.2) is 4.34 Å². The highest BCUT2D eigenvalue weighted by Crippen LogP contribution is 2.44. The lowest BCUT2D eigenvalue weighted by atomic mass is 9.95. The SMILES string of the molecule is C=CCOc1cccc(C2C(=C(O)c3ccc(Cl)cc3)C(=O)C(=O)N2c2nnc(SCc3ccccc3)s2)c1. The summed E-state index contributed by atoms with van der Waals surface area (Å²) in [6.45, 7) is 3.96. The van der Waals surface area contributed by atoms with Gasteiger partial charge in [-0.3, -0.25) is 14.5 Å². The van der Waals surface area contributed by atoms with Crippen molar-refractivity contribution in [2.24, 2.45) is 0 Å². The number of rotatable bonds is 9. The third kappa shape index (κ3) is 5.75. The second-order valence-corrected chi connectivity index (χ2v) is 11.1. The van der Waals surface area contributed by atoms with E-state index in [4.69, 9.17) is 16.3 Å². The Hall–Kier alpha value is -3.92. The number of aromatic nitrogens is 2. The van der Waals surface area contributed by atoms with Gasteiger partial charge in [-0.2, -0.15) is 0 Å². The van der Waals surface area contributed by atoms with Crippen LogP contribution in [0.15, 0.2) is 101 Å². The third-order valence-corrected chi connectivity index (χ3v) is 8.29. The van der Waals surface area contributed by atoms with Gasteiger partial charge in [0.05, 0.1) is 11.6 Å². The number of nitrogens with zero attached hydrogens (tertiary/aromatic N) is 3. The van der Waals surface area contributed by atoms with E-state index in [1.54, 1.807) is 54.6 Å². The molecule has 3 aromatic carbocycles. The number of ketones is 1. The van der Waals surface area contributed by atoms with Gasteiger partial charge in [-0.05, 0) is 47.5 Å². The molecule has 4 aromatic rings. The molecular weight excluding hydrogens is 554 g/mol. The van der Waals surface area contributed by atoms with Crippen molar-refractivity contribution in [3.05, 3.63) is 119 Å². The van der Waals surface area contributed by atoms with Crippen molar-refractivity contribution in [2.45, 2.75) is 16.1 Å². The van der Waals surface area contributed by atoms with Crippen LogP contribution in [-0.2, 0) is 15.3 Å². The lowest BCUT2D eigenvalue weighted by Crippen LogP contribution is -2.29. The minimum Gasteiger partial charge on any atom is -0.507 e. The highest BCUT2D eigenvalue weighted by atomic mass is 35.5. The molecule has 1 fully saturated rings. The Morgan fingerprint density at radius 1 is 1.08 bits per heavy atom. The van der Waals surface area contributed by atoms with Gasteiger partial charge in [0.2, 0.25) is 5.13 Å². The van der Waals surface area contributed by atoms with Crippen LogP contribution < -0.4 is 9.64 Å². The van der Waals surface area contributed by atoms with Crippen molar-refractivity contribution in [3.63, 3.8) is 0 Å². The van der Waals surface area contributed by atoms with E-state index in [1.807, 2.05) is 30.3 Å². The second-order valence-electron chi connectivity index (χ2n) is 8.47. The average molecular weight is 576 g/mol. The minimum absolute atomic E-state index is 0.0584. The Bertz CT molecular complexity index is 1550. The maximum absolute atomic E-state index is 13.4. The molecule has 1 atom stereocenters. The summed E-state index contributed by atoms with van der Waals surface area (Å²) in [4.78, 5) is 28.1. The molecule has 0 bridgehead atoms. The molecule has 0 aliphatic carbocycles. The number of ether oxygens (including phenoxy) is 1. The van der Waals surface area contributed by atoms with Crippen LogP contribution in [0.1, 0.15) is 22.7 Å². The number of Topliss-reactive ketones (excluding diaryl/α,β-unsaturated/α-hetero) is 1. The number of carbonyl (C=O) groups is 2. The topological polar surface area (TPSA) is 92.6 Å². The quantitative estimate of drug-likeness (QED) is 0.0594. The van der Waals surface area contributed by atoms with Gasteiger partial charge in [0, 0.05) is 16.3 Å². The molecule has 7 nitrogen and oxygen atoms in total. The summed E-state index contributed by atoms with van der Waals surface area (Å²) in [6, 6.07) is 22.4. The molecule has 39 heavy (non-hydrogen) atoms. The molecule has 1 amide bonds. The first-order chi connectivity index (χ1) is 19.0. The summed E-state index contributed by atoms with van der Waals surface area (Å²) >= 11 is 8.72. The molecule has 1 aliphatic heterocycles. The minimum atomic E-state index is -0.951. The number of hydrogen-bond acceptors (Lipinski definition) is 8. The van der Waals surface area contributed by atoms with Crippen molar-refractivity contribution in [2.75, 3.05) is 11.5 Å². The molecule has 1 aromatic heterocycles. The fraction of sp³-hybridized carbons (Fsp3) is 0.103. The molecule has 2 heterocycles. The van der Waals surface area contributed by atoms with Gasteiger partial charge in [0.1, 0.15) is 18.1 Å². The summed E-state index contributed by atoms with van der Waals surface area (Å²) < 4.78 is 6.34. The van der Waals surface area contributed by atoms with Crippen LogP contribution in [0.2, 0.25) is 5.02 Å². The van der Waals surface area contributed by atoms with E-state index in [9.17, 15) is 14.7 Å². The zero-order valence-electron chi connectivity index (χ0n) is 20.5. The predicted molar refractivity (Wildman–Crippen MR) is 154 cm³/mol. The van der Waals surface area contributed by atoms with Gasteiger partial charge in [-0.15, -0.1) is 10.2 Å². The van der Waals surface area contributed by atoms with Crippen molar-refractivity contribution in [1.29, 1.82) is 0 Å². The van der Waals surface area contributed by atoms with Crippen LogP contribution in [0.3, 0.4) is 0 Å². The molecule has 1 unspecified atom stereocenters. The lowest BCUT2D eigenvalue weighted by Gasteiger charge is -2.23. The van der Waals surface area contributed by atoms with Crippen molar-refractivity contribution < 1.29 is 19.4 Å². The standard InChI is InChI=1S/C29H22ClN3O4S2/c1-2-15-37-22-10-6-9-20(16-22)24-23(25(34)19-11-13-21(30)14-12-19)26(35)27(36)33(24)28-31-32-29(39-28)38-17-18-7-4-3-5-8-18/h2-14,16,24,34H,1,15,17H2. The first-order valence-corrected chi connectivity index (χ1v) is 14.0. The van der Waals surface area contributed by atoms with Crippen LogP contribution in [0.25, 0.3) is 5.76 Å². The number of benzene rings is 3. The molecule has 0 spiro atoms. The van der Waals surface area contributed by atoms with Gasteiger partial charge in [0.25, 0.3) is 5.78 Å². The Balaban J connectivity index is 1.56. The maximum Gasteiger partial charge on any atom is 0.301 e. The molecule has 1 saturated heterocycles. The molecule has 0 radical (unpaired) electrons. The molecule has 10 heteroatoms. The largest absolute Gasteiger partial charge is 0.507 e. The van der Waals surface area contributed by atoms with E-state index in [1.165, 1.54) is 28.0 Å². The van der Waals surface area contributed by atoms with E-state index in [0.29, 0.717) is 32.0 Å². The third-order valence-electron chi connectivity index (χ3n) is 5.91. The first kappa shape index (κ1) is 26.7. The molecule has 0 saturated carbocycles. The molecular formula is C29H22ClN3O4S2. The Kier molecular flexibility index (Phi) is 8.11. The van der Waals surface area contributed by atoms with Gasteiger partial charge < -0.3 is 9.84 Å². The van der Waals surface area contributed by atoms with Crippen molar-refractivity contribution >= 4 is 57.3 Å². The molecule has 1 N–H and O–H groups in total. The fourth-order valence-corrected chi connectivity index (χ4v) is 6.06. The predicted octanol–water partition coefficient (Wildman–Crippen LogP) is 6.67. The lowest BCUT2D eigenvalue weighted by molar-refractivity contribution is -0.132. The number of anilines is 1. The first-order valence-electron chi connectivity index (χ1n) is 11.9. The molecule has 1 aliphatic rings. The summed E-state index contributed by atoms with van der Waals surface area (Å²) in [5.41, 5.74) is 1.99. The van der Waals surface area contributed by atoms with Crippen LogP contribution in [0.5, 0.6) is 5.75 Å². The summed E-state index contributed by atoms with van der Waals surface area (Å²) in [5, 5.41) is 20.5. The van der Waals surface area contributed by atoms with E-state index < -0.39 is 17.7 Å². The van der Waals surface area contributed by atoms with E-state index in [-0.39, 0.29) is 23.1 Å². The average Bonchev–Trinajstić information content (AvgIpc) is 3.53. The number of aliphatic hydroxyl groups excluding tert-OH is 1. The van der Waals surface area contributed by atoms with Crippen LogP contribution in [0.4, 0.5) is 5.13 Å². The van der Waals surface area contributed by atoms with Crippen molar-refractivity contribution in [3.8, 4) is 5.75 Å². The summed E-state index contributed by atoms with van der Waals surface area (Å²) in [6.07, 6.45) is 1.62. The van der Waals surface area contributed by atoms with E-state index in [0.717, 1.165) is 5.56 Å². The number of carbonyl (C=O) groups excluding carboxylic acids is 2. The number of amides is 1. The second kappa shape index (κ2) is 11.9. The zero-order valence-corrected chi connectivity index (χ0v) is 22.9. The highest BCUT2D eigenvalue weighted by molar-refractivity contribution is 8.00. The van der Waals surface area contributed by atoms with Gasteiger partial charge >= 0.3 is 5.91 Å². The molecule has 5 rings (SSSR count). The number of thioether (sulfide) groups is 1. The zero-order chi connectivity index (χ0) is 27.4. The summed E-state index contributed by atoms with van der Waals surface area (Å²) in [7, 11) is 0. The Morgan fingerprint density at radius 2 is 1.85 bits per heavy atom. The van der Waals surface area contributed by atoms with Gasteiger partial charge in [-0.25, -0.2) is 0 Å². The van der Waals surface area contributed by atoms with Crippen LogP contribution in [-0.4, -0.2) is 33.6 Å². The Morgan fingerprint density at radius 3 is 2.59 bits per heavy atom. The highest BCUT2D eigenvalue weighted by Gasteiger charge is 2.48. The van der Waals surface area contributed by atoms with E-state index in [2.05, 4.69) is 16.8 Å². The monoisotopic (exact) mass is 575 g/mol.